The summed E-state index contributed by atoms with van der Waals surface area (Å²) in [6.45, 7) is 2.25. The second-order valence-corrected chi connectivity index (χ2v) is 3.71. The lowest BCUT2D eigenvalue weighted by molar-refractivity contribution is 0.588. The third-order valence-corrected chi connectivity index (χ3v) is 2.69. The lowest BCUT2D eigenvalue weighted by atomic mass is 9.85. The van der Waals surface area contributed by atoms with E-state index in [9.17, 15) is 0 Å². The van der Waals surface area contributed by atoms with E-state index < -0.39 is 0 Å². The molecule has 1 aliphatic rings. The van der Waals surface area contributed by atoms with Crippen molar-refractivity contribution in [1.29, 1.82) is 0 Å². The van der Waals surface area contributed by atoms with Crippen molar-refractivity contribution in [3.8, 4) is 0 Å². The molecular formula is C10H17Cl. The maximum atomic E-state index is 5.69. The van der Waals surface area contributed by atoms with E-state index in [4.69, 9.17) is 11.6 Å². The molecule has 0 aromatic rings. The Morgan fingerprint density at radius 1 is 1.55 bits per heavy atom. The molecule has 1 atom stereocenters. The van der Waals surface area contributed by atoms with Gasteiger partial charge in [0.25, 0.3) is 0 Å². The first-order valence-corrected chi connectivity index (χ1v) is 5.15. The van der Waals surface area contributed by atoms with Crippen LogP contribution in [0.3, 0.4) is 0 Å². The molecule has 64 valence electrons. The minimum atomic E-state index is 0.702. The van der Waals surface area contributed by atoms with E-state index in [1.54, 1.807) is 5.57 Å². The lowest BCUT2D eigenvalue weighted by Crippen LogP contribution is -2.11. The van der Waals surface area contributed by atoms with Crippen molar-refractivity contribution >= 4 is 11.6 Å². The van der Waals surface area contributed by atoms with Gasteiger partial charge < -0.3 is 0 Å². The van der Waals surface area contributed by atoms with Gasteiger partial charge in [-0.15, -0.1) is 11.6 Å². The topological polar surface area (TPSA) is 0 Å². The summed E-state index contributed by atoms with van der Waals surface area (Å²) in [7, 11) is 0. The summed E-state index contributed by atoms with van der Waals surface area (Å²) in [6, 6.07) is 0. The summed E-state index contributed by atoms with van der Waals surface area (Å²) in [5.74, 6) is 1.52. The Morgan fingerprint density at radius 2 is 2.27 bits per heavy atom. The van der Waals surface area contributed by atoms with Crippen molar-refractivity contribution in [2.24, 2.45) is 5.92 Å². The van der Waals surface area contributed by atoms with Crippen molar-refractivity contribution < 1.29 is 0 Å². The predicted octanol–water partition coefficient (Wildman–Crippen LogP) is 3.75. The van der Waals surface area contributed by atoms with Crippen LogP contribution in [0.2, 0.25) is 0 Å². The number of allylic oxidation sites excluding steroid dienone is 2. The summed E-state index contributed by atoms with van der Waals surface area (Å²) in [5.41, 5.74) is 1.64. The molecule has 11 heavy (non-hydrogen) atoms. The van der Waals surface area contributed by atoms with E-state index in [-0.39, 0.29) is 0 Å². The molecule has 0 heterocycles. The molecule has 0 spiro atoms. The SMILES string of the molecule is CCCCCC1=CC(CCl)C1. The van der Waals surface area contributed by atoms with E-state index >= 15 is 0 Å². The van der Waals surface area contributed by atoms with Gasteiger partial charge in [-0.2, -0.15) is 0 Å². The van der Waals surface area contributed by atoms with Gasteiger partial charge in [0, 0.05) is 5.88 Å². The molecule has 0 bridgehead atoms. The van der Waals surface area contributed by atoms with Crippen LogP contribution in [-0.4, -0.2) is 5.88 Å². The van der Waals surface area contributed by atoms with Crippen LogP contribution in [-0.2, 0) is 0 Å². The predicted molar refractivity (Wildman–Crippen MR) is 51.1 cm³/mol. The van der Waals surface area contributed by atoms with Crippen molar-refractivity contribution in [1.82, 2.24) is 0 Å². The zero-order valence-corrected chi connectivity index (χ0v) is 8.03. The molecule has 0 amide bonds. The Kier molecular flexibility index (Phi) is 3.99. The van der Waals surface area contributed by atoms with E-state index in [1.165, 1.54) is 32.1 Å². The summed E-state index contributed by atoms with van der Waals surface area (Å²) >= 11 is 5.69. The highest BCUT2D eigenvalue weighted by atomic mass is 35.5. The quantitative estimate of drug-likeness (QED) is 0.337. The molecule has 1 heteroatoms. The fourth-order valence-corrected chi connectivity index (χ4v) is 1.72. The van der Waals surface area contributed by atoms with Gasteiger partial charge in [0.05, 0.1) is 0 Å². The molecule has 0 aromatic heterocycles. The van der Waals surface area contributed by atoms with Crippen LogP contribution in [0.4, 0.5) is 0 Å². The minimum Gasteiger partial charge on any atom is -0.126 e. The third kappa shape index (κ3) is 2.86. The van der Waals surface area contributed by atoms with Gasteiger partial charge in [-0.1, -0.05) is 31.4 Å². The van der Waals surface area contributed by atoms with Crippen LogP contribution in [0.25, 0.3) is 0 Å². The highest BCUT2D eigenvalue weighted by Gasteiger charge is 2.16. The molecule has 0 aromatic carbocycles. The van der Waals surface area contributed by atoms with E-state index in [2.05, 4.69) is 13.0 Å². The fourth-order valence-electron chi connectivity index (χ4n) is 1.52. The number of hydrogen-bond acceptors (Lipinski definition) is 0. The van der Waals surface area contributed by atoms with Gasteiger partial charge in [0.1, 0.15) is 0 Å². The molecule has 0 fully saturated rings. The first kappa shape index (κ1) is 9.12. The molecule has 0 saturated heterocycles. The number of unbranched alkanes of at least 4 members (excludes halogenated alkanes) is 2. The van der Waals surface area contributed by atoms with Gasteiger partial charge in [0.2, 0.25) is 0 Å². The Bertz CT molecular complexity index is 138. The molecule has 0 nitrogen and oxygen atoms in total. The van der Waals surface area contributed by atoms with E-state index in [0.717, 1.165) is 5.88 Å². The largest absolute Gasteiger partial charge is 0.126 e. The maximum absolute atomic E-state index is 5.69. The molecule has 1 rings (SSSR count). The Hall–Kier alpha value is 0.0300. The molecule has 0 N–H and O–H groups in total. The number of alkyl halides is 1. The van der Waals surface area contributed by atoms with Crippen LogP contribution in [0.1, 0.15) is 39.0 Å². The maximum Gasteiger partial charge on any atom is 0.0289 e. The Labute approximate surface area is 74.6 Å². The highest BCUT2D eigenvalue weighted by molar-refractivity contribution is 6.18. The van der Waals surface area contributed by atoms with Crippen LogP contribution < -0.4 is 0 Å². The zero-order valence-electron chi connectivity index (χ0n) is 7.28. The number of halogens is 1. The second-order valence-electron chi connectivity index (χ2n) is 3.40. The van der Waals surface area contributed by atoms with E-state index in [0.29, 0.717) is 5.92 Å². The van der Waals surface area contributed by atoms with Crippen molar-refractivity contribution in [2.75, 3.05) is 5.88 Å². The van der Waals surface area contributed by atoms with Crippen LogP contribution >= 0.6 is 11.6 Å². The van der Waals surface area contributed by atoms with Crippen LogP contribution in [0, 0.1) is 5.92 Å². The zero-order chi connectivity index (χ0) is 8.10. The number of rotatable bonds is 5. The van der Waals surface area contributed by atoms with E-state index in [1.807, 2.05) is 0 Å². The third-order valence-electron chi connectivity index (χ3n) is 2.30. The summed E-state index contributed by atoms with van der Waals surface area (Å²) in [4.78, 5) is 0. The Morgan fingerprint density at radius 3 is 2.82 bits per heavy atom. The van der Waals surface area contributed by atoms with Gasteiger partial charge in [-0.05, 0) is 25.2 Å². The van der Waals surface area contributed by atoms with Gasteiger partial charge >= 0.3 is 0 Å². The summed E-state index contributed by atoms with van der Waals surface area (Å²) in [6.07, 6.45) is 9.02. The molecule has 1 unspecified atom stereocenters. The lowest BCUT2D eigenvalue weighted by Gasteiger charge is -2.23. The first-order valence-electron chi connectivity index (χ1n) is 4.62. The van der Waals surface area contributed by atoms with Crippen LogP contribution in [0.5, 0.6) is 0 Å². The molecule has 1 aliphatic carbocycles. The standard InChI is InChI=1S/C10H17Cl/c1-2-3-4-5-9-6-10(7-9)8-11/h6,10H,2-5,7-8H2,1H3. The molecule has 0 aliphatic heterocycles. The van der Waals surface area contributed by atoms with Crippen LogP contribution in [0.15, 0.2) is 11.6 Å². The normalized spacial score (nSPS) is 22.7. The summed E-state index contributed by atoms with van der Waals surface area (Å²) in [5, 5.41) is 0. The minimum absolute atomic E-state index is 0.702. The highest BCUT2D eigenvalue weighted by Crippen LogP contribution is 2.30. The van der Waals surface area contributed by atoms with Crippen molar-refractivity contribution in [3.63, 3.8) is 0 Å². The second kappa shape index (κ2) is 4.82. The number of hydrogen-bond donors (Lipinski definition) is 0. The molecule has 0 radical (unpaired) electrons. The van der Waals surface area contributed by atoms with Gasteiger partial charge in [0.15, 0.2) is 0 Å². The van der Waals surface area contributed by atoms with Gasteiger partial charge in [-0.25, -0.2) is 0 Å². The van der Waals surface area contributed by atoms with Gasteiger partial charge in [-0.3, -0.25) is 0 Å². The summed E-state index contributed by atoms with van der Waals surface area (Å²) < 4.78 is 0. The monoisotopic (exact) mass is 172 g/mol. The average molecular weight is 173 g/mol. The smallest absolute Gasteiger partial charge is 0.0289 e. The fraction of sp³-hybridized carbons (Fsp3) is 0.800. The molecular weight excluding hydrogens is 156 g/mol. The average Bonchev–Trinajstić information content (AvgIpc) is 1.94. The first-order chi connectivity index (χ1) is 5.36. The Balaban J connectivity index is 2.02. The van der Waals surface area contributed by atoms with Crippen molar-refractivity contribution in [2.45, 2.75) is 39.0 Å². The van der Waals surface area contributed by atoms with Crippen molar-refractivity contribution in [3.05, 3.63) is 11.6 Å². The molecule has 0 saturated carbocycles.